The largest absolute Gasteiger partial charge is 0.390 e. The van der Waals surface area contributed by atoms with Crippen molar-refractivity contribution >= 4 is 11.7 Å². The van der Waals surface area contributed by atoms with Gasteiger partial charge in [0.25, 0.3) is 0 Å². The third-order valence-electron chi connectivity index (χ3n) is 5.28. The van der Waals surface area contributed by atoms with Crippen molar-refractivity contribution in [3.8, 4) is 0 Å². The number of Topliss-reactive ketones (excluding diaryl/α,β-unsaturated/α-hetero) is 1. The Morgan fingerprint density at radius 3 is 2.38 bits per heavy atom. The average Bonchev–Trinajstić information content (AvgIpc) is 2.68. The SMILES string of the molecule is CCCCCC(=O)CCCCCNC(=O)CCCCOC1OC(C)C(O)CC1O. The molecule has 1 aliphatic rings. The minimum Gasteiger partial charge on any atom is -0.390 e. The van der Waals surface area contributed by atoms with Gasteiger partial charge in [-0.3, -0.25) is 9.59 Å². The Balaban J connectivity index is 1.92. The molecular formula is C22H41NO6. The van der Waals surface area contributed by atoms with Crippen molar-refractivity contribution < 1.29 is 29.3 Å². The van der Waals surface area contributed by atoms with E-state index in [0.717, 1.165) is 38.5 Å². The molecule has 1 amide bonds. The molecule has 4 atom stereocenters. The number of aliphatic hydroxyl groups is 2. The van der Waals surface area contributed by atoms with Crippen LogP contribution in [0.15, 0.2) is 0 Å². The summed E-state index contributed by atoms with van der Waals surface area (Å²) < 4.78 is 11.0. The normalized spacial score (nSPS) is 24.4. The van der Waals surface area contributed by atoms with Gasteiger partial charge < -0.3 is 25.0 Å². The van der Waals surface area contributed by atoms with Crippen molar-refractivity contribution in [1.82, 2.24) is 5.32 Å². The molecule has 1 saturated heterocycles. The van der Waals surface area contributed by atoms with Crippen molar-refractivity contribution in [3.05, 3.63) is 0 Å². The summed E-state index contributed by atoms with van der Waals surface area (Å²) in [5.41, 5.74) is 0. The Kier molecular flexibility index (Phi) is 14.1. The summed E-state index contributed by atoms with van der Waals surface area (Å²) in [6.07, 6.45) is 6.98. The van der Waals surface area contributed by atoms with Crippen LogP contribution in [0, 0.1) is 0 Å². The Morgan fingerprint density at radius 1 is 0.966 bits per heavy atom. The summed E-state index contributed by atoms with van der Waals surface area (Å²) in [7, 11) is 0. The van der Waals surface area contributed by atoms with Crippen LogP contribution in [-0.4, -0.2) is 59.7 Å². The van der Waals surface area contributed by atoms with Crippen LogP contribution in [0.5, 0.6) is 0 Å². The molecular weight excluding hydrogens is 374 g/mol. The maximum atomic E-state index is 11.8. The molecule has 29 heavy (non-hydrogen) atoms. The Labute approximate surface area is 175 Å². The molecule has 3 N–H and O–H groups in total. The molecule has 0 radical (unpaired) electrons. The molecule has 0 aliphatic carbocycles. The van der Waals surface area contributed by atoms with E-state index in [1.165, 1.54) is 0 Å². The van der Waals surface area contributed by atoms with Crippen molar-refractivity contribution in [2.45, 2.75) is 115 Å². The number of aliphatic hydroxyl groups excluding tert-OH is 2. The van der Waals surface area contributed by atoms with Gasteiger partial charge in [-0.15, -0.1) is 0 Å². The van der Waals surface area contributed by atoms with Crippen molar-refractivity contribution in [2.75, 3.05) is 13.2 Å². The van der Waals surface area contributed by atoms with E-state index >= 15 is 0 Å². The monoisotopic (exact) mass is 415 g/mol. The summed E-state index contributed by atoms with van der Waals surface area (Å²) in [6.45, 7) is 4.95. The first-order valence-electron chi connectivity index (χ1n) is 11.4. The van der Waals surface area contributed by atoms with Crippen LogP contribution in [0.2, 0.25) is 0 Å². The summed E-state index contributed by atoms with van der Waals surface area (Å²) in [5.74, 6) is 0.396. The first-order chi connectivity index (χ1) is 13.9. The number of hydrogen-bond donors (Lipinski definition) is 3. The van der Waals surface area contributed by atoms with E-state index in [1.54, 1.807) is 6.92 Å². The van der Waals surface area contributed by atoms with E-state index in [9.17, 15) is 19.8 Å². The average molecular weight is 416 g/mol. The molecule has 0 aromatic carbocycles. The minimum atomic E-state index is -0.823. The van der Waals surface area contributed by atoms with Crippen LogP contribution in [-0.2, 0) is 19.1 Å². The van der Waals surface area contributed by atoms with E-state index in [0.29, 0.717) is 51.0 Å². The summed E-state index contributed by atoms with van der Waals surface area (Å²) in [6, 6.07) is 0. The fraction of sp³-hybridized carbons (Fsp3) is 0.909. The number of hydrogen-bond acceptors (Lipinski definition) is 6. The van der Waals surface area contributed by atoms with Crippen LogP contribution in [0.25, 0.3) is 0 Å². The number of rotatable bonds is 16. The minimum absolute atomic E-state index is 0.0336. The highest BCUT2D eigenvalue weighted by atomic mass is 16.7. The second-order valence-electron chi connectivity index (χ2n) is 8.06. The highest BCUT2D eigenvalue weighted by molar-refractivity contribution is 5.78. The molecule has 4 unspecified atom stereocenters. The van der Waals surface area contributed by atoms with E-state index in [4.69, 9.17) is 9.47 Å². The molecule has 0 saturated carbocycles. The lowest BCUT2D eigenvalue weighted by atomic mass is 10.0. The number of carbonyl (C=O) groups excluding carboxylic acids is 2. The third-order valence-corrected chi connectivity index (χ3v) is 5.28. The number of nitrogens with one attached hydrogen (secondary N) is 1. The standard InChI is InChI=1S/C22H41NO6/c1-3-4-6-11-18(24)12-7-5-9-14-23-21(27)13-8-10-15-28-22-20(26)16-19(25)17(2)29-22/h17,19-20,22,25-26H,3-16H2,1-2H3,(H,23,27). The Hall–Kier alpha value is -1.02. The fourth-order valence-corrected chi connectivity index (χ4v) is 3.32. The fourth-order valence-electron chi connectivity index (χ4n) is 3.32. The van der Waals surface area contributed by atoms with Crippen LogP contribution >= 0.6 is 0 Å². The molecule has 0 spiro atoms. The second-order valence-corrected chi connectivity index (χ2v) is 8.06. The van der Waals surface area contributed by atoms with Crippen LogP contribution < -0.4 is 5.32 Å². The maximum Gasteiger partial charge on any atom is 0.219 e. The lowest BCUT2D eigenvalue weighted by Crippen LogP contribution is -2.47. The molecule has 0 aromatic heterocycles. The third kappa shape index (κ3) is 12.3. The number of unbranched alkanes of at least 4 members (excludes halogenated alkanes) is 5. The summed E-state index contributed by atoms with van der Waals surface area (Å²) >= 11 is 0. The van der Waals surface area contributed by atoms with Crippen LogP contribution in [0.3, 0.4) is 0 Å². The van der Waals surface area contributed by atoms with Gasteiger partial charge >= 0.3 is 0 Å². The van der Waals surface area contributed by atoms with E-state index in [1.807, 2.05) is 0 Å². The molecule has 7 heteroatoms. The lowest BCUT2D eigenvalue weighted by Gasteiger charge is -2.35. The topological polar surface area (TPSA) is 105 Å². The van der Waals surface area contributed by atoms with Gasteiger partial charge in [0.15, 0.2) is 6.29 Å². The van der Waals surface area contributed by atoms with Crippen molar-refractivity contribution in [3.63, 3.8) is 0 Å². The zero-order chi connectivity index (χ0) is 21.5. The smallest absolute Gasteiger partial charge is 0.219 e. The molecule has 1 fully saturated rings. The molecule has 1 aliphatic heterocycles. The summed E-state index contributed by atoms with van der Waals surface area (Å²) in [4.78, 5) is 23.5. The molecule has 1 heterocycles. The van der Waals surface area contributed by atoms with E-state index in [-0.39, 0.29) is 18.4 Å². The number of amides is 1. The van der Waals surface area contributed by atoms with Gasteiger partial charge in [0.1, 0.15) is 11.9 Å². The predicted molar refractivity (Wildman–Crippen MR) is 111 cm³/mol. The molecule has 1 rings (SSSR count). The van der Waals surface area contributed by atoms with Crippen LogP contribution in [0.4, 0.5) is 0 Å². The zero-order valence-electron chi connectivity index (χ0n) is 18.2. The molecule has 170 valence electrons. The highest BCUT2D eigenvalue weighted by Gasteiger charge is 2.34. The van der Waals surface area contributed by atoms with Gasteiger partial charge in [-0.25, -0.2) is 0 Å². The Morgan fingerprint density at radius 2 is 1.66 bits per heavy atom. The van der Waals surface area contributed by atoms with Crippen molar-refractivity contribution in [1.29, 1.82) is 0 Å². The lowest BCUT2D eigenvalue weighted by molar-refractivity contribution is -0.261. The number of ether oxygens (including phenoxy) is 2. The molecule has 0 aromatic rings. The van der Waals surface area contributed by atoms with Gasteiger partial charge in [-0.2, -0.15) is 0 Å². The van der Waals surface area contributed by atoms with Gasteiger partial charge in [0.05, 0.1) is 12.2 Å². The van der Waals surface area contributed by atoms with Gasteiger partial charge in [0, 0.05) is 38.8 Å². The first-order valence-corrected chi connectivity index (χ1v) is 11.4. The molecule has 0 bridgehead atoms. The molecule has 7 nitrogen and oxygen atoms in total. The Bertz CT molecular complexity index is 459. The zero-order valence-corrected chi connectivity index (χ0v) is 18.2. The van der Waals surface area contributed by atoms with Gasteiger partial charge in [-0.05, 0) is 39.0 Å². The van der Waals surface area contributed by atoms with Crippen molar-refractivity contribution in [2.24, 2.45) is 0 Å². The maximum absolute atomic E-state index is 11.8. The van der Waals surface area contributed by atoms with E-state index in [2.05, 4.69) is 12.2 Å². The van der Waals surface area contributed by atoms with Gasteiger partial charge in [0.2, 0.25) is 5.91 Å². The summed E-state index contributed by atoms with van der Waals surface area (Å²) in [5, 5.41) is 22.4. The van der Waals surface area contributed by atoms with E-state index < -0.39 is 18.5 Å². The first kappa shape index (κ1) is 26.0. The van der Waals surface area contributed by atoms with Crippen LogP contribution in [0.1, 0.15) is 90.9 Å². The number of carbonyl (C=O) groups is 2. The predicted octanol–water partition coefficient (Wildman–Crippen LogP) is 2.86. The quantitative estimate of drug-likeness (QED) is 0.335. The van der Waals surface area contributed by atoms with Gasteiger partial charge in [-0.1, -0.05) is 26.2 Å². The number of ketones is 1. The highest BCUT2D eigenvalue weighted by Crippen LogP contribution is 2.21. The second kappa shape index (κ2) is 15.8.